The zero-order chi connectivity index (χ0) is 19.3. The first-order valence-electron chi connectivity index (χ1n) is 8.83. The zero-order valence-electron chi connectivity index (χ0n) is 15.0. The van der Waals surface area contributed by atoms with Gasteiger partial charge in [0.25, 0.3) is 0 Å². The largest absolute Gasteiger partial charge is 0.457 e. The van der Waals surface area contributed by atoms with Gasteiger partial charge < -0.3 is 4.74 Å². The predicted molar refractivity (Wildman–Crippen MR) is 105 cm³/mol. The lowest BCUT2D eigenvalue weighted by Crippen LogP contribution is -2.07. The normalized spacial score (nSPS) is 10.6. The molecule has 0 bridgehead atoms. The molecule has 0 atom stereocenters. The minimum atomic E-state index is -0.704. The second kappa shape index (κ2) is 7.88. The predicted octanol–water partition coefficient (Wildman–Crippen LogP) is 5.04. The summed E-state index contributed by atoms with van der Waals surface area (Å²) in [5.74, 6) is -1.31. The maximum atomic E-state index is 13.8. The number of aromatic nitrogens is 2. The molecule has 0 saturated heterocycles. The summed E-state index contributed by atoms with van der Waals surface area (Å²) in [6, 6.07) is 25.1. The molecule has 0 saturated carbocycles. The van der Waals surface area contributed by atoms with Crippen molar-refractivity contribution < 1.29 is 13.9 Å². The lowest BCUT2D eigenvalue weighted by atomic mass is 10.1. The first-order valence-corrected chi connectivity index (χ1v) is 8.83. The fourth-order valence-corrected chi connectivity index (χ4v) is 2.92. The van der Waals surface area contributed by atoms with Gasteiger partial charge >= 0.3 is 5.97 Å². The van der Waals surface area contributed by atoms with E-state index in [1.165, 1.54) is 18.2 Å². The fraction of sp³-hybridized carbons (Fsp3) is 0.0435. The SMILES string of the molecule is O=C(OCc1cn(-c2ccccc2)nc1-c1ccccc1)c1ccccc1F. The van der Waals surface area contributed by atoms with E-state index in [0.29, 0.717) is 5.69 Å². The molecule has 0 unspecified atom stereocenters. The van der Waals surface area contributed by atoms with Gasteiger partial charge in [-0.05, 0) is 24.3 Å². The maximum Gasteiger partial charge on any atom is 0.341 e. The Kier molecular flexibility index (Phi) is 4.97. The van der Waals surface area contributed by atoms with E-state index in [4.69, 9.17) is 4.74 Å². The summed E-state index contributed by atoms with van der Waals surface area (Å²) in [5.41, 5.74) is 3.17. The highest BCUT2D eigenvalue weighted by molar-refractivity contribution is 5.89. The number of carbonyl (C=O) groups is 1. The van der Waals surface area contributed by atoms with Crippen molar-refractivity contribution in [3.8, 4) is 16.9 Å². The van der Waals surface area contributed by atoms with Crippen LogP contribution in [-0.2, 0) is 11.3 Å². The summed E-state index contributed by atoms with van der Waals surface area (Å²) in [4.78, 5) is 12.3. The molecule has 4 rings (SSSR count). The van der Waals surface area contributed by atoms with Crippen LogP contribution in [0.5, 0.6) is 0 Å². The van der Waals surface area contributed by atoms with Crippen LogP contribution in [0.2, 0.25) is 0 Å². The lowest BCUT2D eigenvalue weighted by Gasteiger charge is -2.06. The van der Waals surface area contributed by atoms with Crippen LogP contribution in [0.25, 0.3) is 16.9 Å². The maximum absolute atomic E-state index is 13.8. The summed E-state index contributed by atoms with van der Waals surface area (Å²) in [6.07, 6.45) is 1.83. The van der Waals surface area contributed by atoms with Crippen molar-refractivity contribution in [2.75, 3.05) is 0 Å². The number of halogens is 1. The average Bonchev–Trinajstić information content (AvgIpc) is 3.18. The number of benzene rings is 3. The second-order valence-electron chi connectivity index (χ2n) is 6.21. The number of hydrogen-bond acceptors (Lipinski definition) is 3. The van der Waals surface area contributed by atoms with E-state index in [2.05, 4.69) is 5.10 Å². The van der Waals surface area contributed by atoms with Gasteiger partial charge in [-0.2, -0.15) is 5.10 Å². The summed E-state index contributed by atoms with van der Waals surface area (Å²) in [5, 5.41) is 4.67. The zero-order valence-corrected chi connectivity index (χ0v) is 15.0. The second-order valence-corrected chi connectivity index (χ2v) is 6.21. The van der Waals surface area contributed by atoms with Gasteiger partial charge in [0.2, 0.25) is 0 Å². The Hall–Kier alpha value is -3.73. The molecule has 138 valence electrons. The van der Waals surface area contributed by atoms with E-state index in [-0.39, 0.29) is 12.2 Å². The van der Waals surface area contributed by atoms with Crippen molar-refractivity contribution in [3.05, 3.63) is 108 Å². The topological polar surface area (TPSA) is 44.1 Å². The van der Waals surface area contributed by atoms with Crippen molar-refractivity contribution in [1.29, 1.82) is 0 Å². The summed E-state index contributed by atoms with van der Waals surface area (Å²) in [6.45, 7) is -0.00969. The van der Waals surface area contributed by atoms with Gasteiger partial charge in [0.05, 0.1) is 16.9 Å². The Morgan fingerprint density at radius 3 is 2.25 bits per heavy atom. The molecule has 0 fully saturated rings. The molecule has 0 aliphatic heterocycles. The van der Waals surface area contributed by atoms with E-state index in [1.54, 1.807) is 10.7 Å². The lowest BCUT2D eigenvalue weighted by molar-refractivity contribution is 0.0468. The third kappa shape index (κ3) is 3.69. The van der Waals surface area contributed by atoms with Gasteiger partial charge in [-0.25, -0.2) is 13.9 Å². The third-order valence-corrected chi connectivity index (χ3v) is 4.31. The molecule has 0 spiro atoms. The highest BCUT2D eigenvalue weighted by atomic mass is 19.1. The highest BCUT2D eigenvalue weighted by Gasteiger charge is 2.16. The van der Waals surface area contributed by atoms with Crippen LogP contribution in [0.1, 0.15) is 15.9 Å². The van der Waals surface area contributed by atoms with Crippen LogP contribution in [0.4, 0.5) is 4.39 Å². The van der Waals surface area contributed by atoms with Gasteiger partial charge in [0.1, 0.15) is 12.4 Å². The molecule has 1 heterocycles. The summed E-state index contributed by atoms with van der Waals surface area (Å²) < 4.78 is 20.9. The van der Waals surface area contributed by atoms with Gasteiger partial charge in [0, 0.05) is 17.3 Å². The van der Waals surface area contributed by atoms with Crippen LogP contribution < -0.4 is 0 Å². The Morgan fingerprint density at radius 2 is 1.54 bits per heavy atom. The minimum absolute atomic E-state index is 0.00969. The minimum Gasteiger partial charge on any atom is -0.457 e. The third-order valence-electron chi connectivity index (χ3n) is 4.31. The summed E-state index contributed by atoms with van der Waals surface area (Å²) in [7, 11) is 0. The van der Waals surface area contributed by atoms with Crippen molar-refractivity contribution in [3.63, 3.8) is 0 Å². The van der Waals surface area contributed by atoms with E-state index >= 15 is 0 Å². The number of carbonyl (C=O) groups excluding carboxylic acids is 1. The summed E-state index contributed by atoms with van der Waals surface area (Å²) >= 11 is 0. The molecule has 0 radical (unpaired) electrons. The molecule has 4 aromatic rings. The Balaban J connectivity index is 1.64. The molecule has 0 aliphatic rings. The van der Waals surface area contributed by atoms with Crippen LogP contribution in [0.15, 0.2) is 91.1 Å². The first-order chi connectivity index (χ1) is 13.7. The molecule has 3 aromatic carbocycles. The molecule has 0 aliphatic carbocycles. The molecule has 0 amide bonds. The van der Waals surface area contributed by atoms with Crippen molar-refractivity contribution >= 4 is 5.97 Å². The number of hydrogen-bond donors (Lipinski definition) is 0. The monoisotopic (exact) mass is 372 g/mol. The molecule has 5 heteroatoms. The van der Waals surface area contributed by atoms with Crippen LogP contribution >= 0.6 is 0 Å². The quantitative estimate of drug-likeness (QED) is 0.461. The van der Waals surface area contributed by atoms with Crippen molar-refractivity contribution in [2.45, 2.75) is 6.61 Å². The number of rotatable bonds is 5. The van der Waals surface area contributed by atoms with Crippen molar-refractivity contribution in [2.24, 2.45) is 0 Å². The Labute approximate surface area is 161 Å². The van der Waals surface area contributed by atoms with E-state index < -0.39 is 11.8 Å². The standard InChI is InChI=1S/C23H17FN2O2/c24-21-14-8-7-13-20(21)23(27)28-16-18-15-26(19-11-5-2-6-12-19)25-22(18)17-9-3-1-4-10-17/h1-15H,16H2. The first kappa shape index (κ1) is 17.7. The van der Waals surface area contributed by atoms with E-state index in [1.807, 2.05) is 66.9 Å². The number of para-hydroxylation sites is 1. The molecular weight excluding hydrogens is 355 g/mol. The Bertz CT molecular complexity index is 1090. The molecule has 28 heavy (non-hydrogen) atoms. The average molecular weight is 372 g/mol. The van der Waals surface area contributed by atoms with Crippen LogP contribution in [0.3, 0.4) is 0 Å². The molecule has 4 nitrogen and oxygen atoms in total. The highest BCUT2D eigenvalue weighted by Crippen LogP contribution is 2.24. The smallest absolute Gasteiger partial charge is 0.341 e. The van der Waals surface area contributed by atoms with E-state index in [0.717, 1.165) is 16.8 Å². The van der Waals surface area contributed by atoms with Crippen LogP contribution in [0, 0.1) is 5.82 Å². The molecule has 1 aromatic heterocycles. The van der Waals surface area contributed by atoms with E-state index in [9.17, 15) is 9.18 Å². The van der Waals surface area contributed by atoms with Gasteiger partial charge in [0.15, 0.2) is 0 Å². The fourth-order valence-electron chi connectivity index (χ4n) is 2.92. The number of esters is 1. The number of ether oxygens (including phenoxy) is 1. The van der Waals surface area contributed by atoms with Crippen LogP contribution in [-0.4, -0.2) is 15.7 Å². The molecular formula is C23H17FN2O2. The Morgan fingerprint density at radius 1 is 0.893 bits per heavy atom. The van der Waals surface area contributed by atoms with Crippen molar-refractivity contribution in [1.82, 2.24) is 9.78 Å². The number of nitrogens with zero attached hydrogens (tertiary/aromatic N) is 2. The molecule has 0 N–H and O–H groups in total. The van der Waals surface area contributed by atoms with Gasteiger partial charge in [-0.1, -0.05) is 60.7 Å². The van der Waals surface area contributed by atoms with Gasteiger partial charge in [-0.15, -0.1) is 0 Å². The van der Waals surface area contributed by atoms with Gasteiger partial charge in [-0.3, -0.25) is 0 Å².